The van der Waals surface area contributed by atoms with Crippen LogP contribution in [0.1, 0.15) is 28.8 Å². The van der Waals surface area contributed by atoms with Crippen LogP contribution in [0.5, 0.6) is 0 Å². The molecule has 168 valence electrons. The van der Waals surface area contributed by atoms with Gasteiger partial charge in [-0.3, -0.25) is 40.1 Å². The lowest BCUT2D eigenvalue weighted by atomic mass is 10.2. The van der Waals surface area contributed by atoms with Crippen LogP contribution in [0.15, 0.2) is 42.5 Å². The van der Waals surface area contributed by atoms with Crippen molar-refractivity contribution in [2.45, 2.75) is 19.8 Å². The lowest BCUT2D eigenvalue weighted by Crippen LogP contribution is -2.41. The molecule has 0 aliphatic carbocycles. The van der Waals surface area contributed by atoms with Gasteiger partial charge in [-0.1, -0.05) is 29.8 Å². The van der Waals surface area contributed by atoms with Gasteiger partial charge in [-0.2, -0.15) is 0 Å². The molecule has 0 aromatic heterocycles. The van der Waals surface area contributed by atoms with Gasteiger partial charge in [-0.25, -0.2) is 0 Å². The van der Waals surface area contributed by atoms with E-state index in [1.807, 2.05) is 0 Å². The molecule has 0 saturated carbocycles. The maximum atomic E-state index is 11.9. The Hall–Kier alpha value is -3.99. The van der Waals surface area contributed by atoms with Crippen LogP contribution in [-0.2, 0) is 19.1 Å². The number of halogens is 1. The van der Waals surface area contributed by atoms with Crippen molar-refractivity contribution in [3.8, 4) is 0 Å². The minimum atomic E-state index is -0.817. The van der Waals surface area contributed by atoms with Gasteiger partial charge in [0.2, 0.25) is 5.91 Å². The van der Waals surface area contributed by atoms with E-state index in [-0.39, 0.29) is 34.8 Å². The van der Waals surface area contributed by atoms with Gasteiger partial charge in [0, 0.05) is 23.7 Å². The smallest absolute Gasteiger partial charge is 0.306 e. The highest BCUT2D eigenvalue weighted by Gasteiger charge is 2.15. The van der Waals surface area contributed by atoms with Crippen molar-refractivity contribution in [1.29, 1.82) is 0 Å². The molecule has 0 saturated heterocycles. The van der Waals surface area contributed by atoms with Crippen molar-refractivity contribution in [1.82, 2.24) is 10.9 Å². The number of hydrazine groups is 1. The molecule has 0 fully saturated rings. The van der Waals surface area contributed by atoms with E-state index >= 15 is 0 Å². The van der Waals surface area contributed by atoms with Crippen LogP contribution in [0.3, 0.4) is 0 Å². The molecule has 3 N–H and O–H groups in total. The van der Waals surface area contributed by atoms with E-state index in [1.54, 1.807) is 19.1 Å². The number of nitrogens with zero attached hydrogens (tertiary/aromatic N) is 1. The number of esters is 1. The van der Waals surface area contributed by atoms with Gasteiger partial charge in [-0.05, 0) is 25.1 Å². The van der Waals surface area contributed by atoms with E-state index < -0.39 is 35.2 Å². The number of anilines is 1. The number of benzene rings is 2. The maximum absolute atomic E-state index is 11.9. The van der Waals surface area contributed by atoms with Crippen LogP contribution in [-0.4, -0.2) is 35.2 Å². The lowest BCUT2D eigenvalue weighted by Gasteiger charge is -2.09. The molecule has 2 aromatic rings. The van der Waals surface area contributed by atoms with Gasteiger partial charge in [0.1, 0.15) is 0 Å². The number of carbonyl (C=O) groups is 4. The van der Waals surface area contributed by atoms with E-state index in [1.165, 1.54) is 30.3 Å². The Morgan fingerprint density at radius 3 is 2.44 bits per heavy atom. The first-order chi connectivity index (χ1) is 15.2. The van der Waals surface area contributed by atoms with Crippen LogP contribution in [0.25, 0.3) is 0 Å². The first kappa shape index (κ1) is 24.3. The number of aryl methyl sites for hydroxylation is 1. The molecule has 0 heterocycles. The summed E-state index contributed by atoms with van der Waals surface area (Å²) in [6.07, 6.45) is -0.634. The highest BCUT2D eigenvalue weighted by Crippen LogP contribution is 2.22. The second-order valence-corrected chi connectivity index (χ2v) is 6.86. The van der Waals surface area contributed by atoms with Crippen molar-refractivity contribution in [2.75, 3.05) is 11.9 Å². The van der Waals surface area contributed by atoms with E-state index in [0.29, 0.717) is 5.56 Å². The topological polar surface area (TPSA) is 157 Å². The Labute approximate surface area is 187 Å². The van der Waals surface area contributed by atoms with Gasteiger partial charge in [0.25, 0.3) is 17.5 Å². The minimum Gasteiger partial charge on any atom is -0.456 e. The van der Waals surface area contributed by atoms with Crippen molar-refractivity contribution >= 4 is 46.7 Å². The molecule has 0 aliphatic rings. The SMILES string of the molecule is Cc1ccc(NC(=O)COC(=O)CCC(=O)NNC(=O)c2ccccc2Cl)cc1[N+](=O)[O-]. The monoisotopic (exact) mass is 462 g/mol. The van der Waals surface area contributed by atoms with E-state index in [9.17, 15) is 29.3 Å². The number of nitro benzene ring substituents is 1. The first-order valence-corrected chi connectivity index (χ1v) is 9.59. The van der Waals surface area contributed by atoms with Crippen LogP contribution in [0.4, 0.5) is 11.4 Å². The van der Waals surface area contributed by atoms with Crippen molar-refractivity contribution in [3.63, 3.8) is 0 Å². The molecule has 0 radical (unpaired) electrons. The molecule has 0 bridgehead atoms. The zero-order valence-electron chi connectivity index (χ0n) is 16.8. The molecule has 0 atom stereocenters. The molecule has 0 spiro atoms. The number of nitrogens with one attached hydrogen (secondary N) is 3. The summed E-state index contributed by atoms with van der Waals surface area (Å²) in [5.74, 6) is -2.80. The summed E-state index contributed by atoms with van der Waals surface area (Å²) in [6, 6.07) is 10.4. The number of ether oxygens (including phenoxy) is 1. The molecule has 11 nitrogen and oxygen atoms in total. The number of rotatable bonds is 8. The van der Waals surface area contributed by atoms with E-state index in [4.69, 9.17) is 16.3 Å². The average molecular weight is 463 g/mol. The summed E-state index contributed by atoms with van der Waals surface area (Å²) in [4.78, 5) is 57.6. The highest BCUT2D eigenvalue weighted by molar-refractivity contribution is 6.33. The molecule has 3 amide bonds. The Bertz CT molecular complexity index is 1060. The first-order valence-electron chi connectivity index (χ1n) is 9.21. The van der Waals surface area contributed by atoms with Crippen molar-refractivity contribution in [3.05, 3.63) is 68.7 Å². The Morgan fingerprint density at radius 1 is 1.03 bits per heavy atom. The fourth-order valence-electron chi connectivity index (χ4n) is 2.42. The standard InChI is InChI=1S/C20H19ClN4O7/c1-12-6-7-13(10-16(12)25(30)31)22-18(27)11-32-19(28)9-8-17(26)23-24-20(29)14-4-2-3-5-15(14)21/h2-7,10H,8-9,11H2,1H3,(H,22,27)(H,23,26)(H,24,29). The van der Waals surface area contributed by atoms with Gasteiger partial charge >= 0.3 is 5.97 Å². The normalized spacial score (nSPS) is 10.1. The third kappa shape index (κ3) is 7.36. The van der Waals surface area contributed by atoms with Crippen LogP contribution in [0.2, 0.25) is 5.02 Å². The van der Waals surface area contributed by atoms with Crippen LogP contribution >= 0.6 is 11.6 Å². The molecular weight excluding hydrogens is 444 g/mol. The Morgan fingerprint density at radius 2 is 1.75 bits per heavy atom. The molecule has 12 heteroatoms. The third-order valence-corrected chi connectivity index (χ3v) is 4.37. The largest absolute Gasteiger partial charge is 0.456 e. The molecule has 0 aliphatic heterocycles. The number of hydrogen-bond acceptors (Lipinski definition) is 7. The predicted molar refractivity (Wildman–Crippen MR) is 114 cm³/mol. The predicted octanol–water partition coefficient (Wildman–Crippen LogP) is 2.28. The molecule has 2 aromatic carbocycles. The van der Waals surface area contributed by atoms with Crippen molar-refractivity contribution < 1.29 is 28.8 Å². The number of hydrogen-bond donors (Lipinski definition) is 3. The Kier molecular flexibility index (Phi) is 8.66. The summed E-state index contributed by atoms with van der Waals surface area (Å²) in [5.41, 5.74) is 4.93. The molecule has 32 heavy (non-hydrogen) atoms. The number of nitro groups is 1. The van der Waals surface area contributed by atoms with Crippen LogP contribution < -0.4 is 16.2 Å². The molecule has 0 unspecified atom stereocenters. The van der Waals surface area contributed by atoms with E-state index in [2.05, 4.69) is 16.2 Å². The zero-order chi connectivity index (χ0) is 23.7. The van der Waals surface area contributed by atoms with Gasteiger partial charge in [-0.15, -0.1) is 0 Å². The summed E-state index contributed by atoms with van der Waals surface area (Å²) in [6.45, 7) is 0.926. The fourth-order valence-corrected chi connectivity index (χ4v) is 2.64. The van der Waals surface area contributed by atoms with Gasteiger partial charge in [0.05, 0.1) is 21.9 Å². The van der Waals surface area contributed by atoms with Gasteiger partial charge < -0.3 is 10.1 Å². The summed E-state index contributed by atoms with van der Waals surface area (Å²) in [5, 5.41) is 13.5. The fraction of sp³-hybridized carbons (Fsp3) is 0.200. The second kappa shape index (κ2) is 11.4. The van der Waals surface area contributed by atoms with Gasteiger partial charge in [0.15, 0.2) is 6.61 Å². The maximum Gasteiger partial charge on any atom is 0.306 e. The second-order valence-electron chi connectivity index (χ2n) is 6.45. The minimum absolute atomic E-state index is 0.160. The summed E-state index contributed by atoms with van der Waals surface area (Å²) < 4.78 is 4.77. The number of amides is 3. The molecular formula is C20H19ClN4O7. The zero-order valence-corrected chi connectivity index (χ0v) is 17.6. The Balaban J connectivity index is 1.70. The van der Waals surface area contributed by atoms with E-state index in [0.717, 1.165) is 0 Å². The lowest BCUT2D eigenvalue weighted by molar-refractivity contribution is -0.385. The summed E-state index contributed by atoms with van der Waals surface area (Å²) in [7, 11) is 0. The highest BCUT2D eigenvalue weighted by atomic mass is 35.5. The summed E-state index contributed by atoms with van der Waals surface area (Å²) >= 11 is 5.88. The molecule has 2 rings (SSSR count). The van der Waals surface area contributed by atoms with Crippen LogP contribution in [0, 0.1) is 17.0 Å². The number of carbonyl (C=O) groups excluding carboxylic acids is 4. The average Bonchev–Trinajstić information content (AvgIpc) is 2.76. The quantitative estimate of drug-likeness (QED) is 0.308. The third-order valence-electron chi connectivity index (χ3n) is 4.04. The van der Waals surface area contributed by atoms with Crippen molar-refractivity contribution in [2.24, 2.45) is 0 Å².